The third-order valence-corrected chi connectivity index (χ3v) is 4.64. The SMILES string of the molecule is CCN(CC)c1ccc(C(=O)OCC(=O)c2ccc3ccccc3c2)cc1. The van der Waals surface area contributed by atoms with E-state index in [-0.39, 0.29) is 12.4 Å². The van der Waals surface area contributed by atoms with Crippen molar-refractivity contribution in [2.24, 2.45) is 0 Å². The van der Waals surface area contributed by atoms with Crippen molar-refractivity contribution in [2.75, 3.05) is 24.6 Å². The highest BCUT2D eigenvalue weighted by Crippen LogP contribution is 2.17. The highest BCUT2D eigenvalue weighted by Gasteiger charge is 2.13. The molecule has 0 amide bonds. The van der Waals surface area contributed by atoms with Crippen LogP contribution in [0.2, 0.25) is 0 Å². The van der Waals surface area contributed by atoms with Gasteiger partial charge in [0.1, 0.15) is 0 Å². The van der Waals surface area contributed by atoms with Crippen molar-refractivity contribution in [3.05, 3.63) is 77.9 Å². The molecule has 0 saturated carbocycles. The van der Waals surface area contributed by atoms with E-state index < -0.39 is 5.97 Å². The zero-order valence-electron chi connectivity index (χ0n) is 15.6. The number of carbonyl (C=O) groups excluding carboxylic acids is 2. The molecule has 0 aromatic heterocycles. The number of carbonyl (C=O) groups is 2. The van der Waals surface area contributed by atoms with Gasteiger partial charge in [-0.2, -0.15) is 0 Å². The standard InChI is InChI=1S/C23H23NO3/c1-3-24(4-2)21-13-11-18(12-14-21)23(26)27-16-22(25)20-10-9-17-7-5-6-8-19(17)15-20/h5-15H,3-4,16H2,1-2H3. The maximum Gasteiger partial charge on any atom is 0.338 e. The van der Waals surface area contributed by atoms with Gasteiger partial charge in [-0.25, -0.2) is 4.79 Å². The molecule has 27 heavy (non-hydrogen) atoms. The first kappa shape index (κ1) is 18.6. The quantitative estimate of drug-likeness (QED) is 0.451. The average Bonchev–Trinajstić information content (AvgIpc) is 2.72. The number of esters is 1. The van der Waals surface area contributed by atoms with Crippen LogP contribution in [-0.2, 0) is 4.74 Å². The maximum absolute atomic E-state index is 12.4. The Balaban J connectivity index is 1.63. The number of Topliss-reactive ketones (excluding diaryl/α,β-unsaturated/α-hetero) is 1. The summed E-state index contributed by atoms with van der Waals surface area (Å²) in [5.74, 6) is -0.705. The minimum atomic E-state index is -0.491. The summed E-state index contributed by atoms with van der Waals surface area (Å²) in [6.45, 7) is 5.71. The van der Waals surface area contributed by atoms with E-state index in [2.05, 4.69) is 18.7 Å². The first-order valence-corrected chi connectivity index (χ1v) is 9.16. The van der Waals surface area contributed by atoms with Crippen molar-refractivity contribution in [1.82, 2.24) is 0 Å². The van der Waals surface area contributed by atoms with Crippen LogP contribution >= 0.6 is 0 Å². The summed E-state index contributed by atoms with van der Waals surface area (Å²) in [6.07, 6.45) is 0. The second kappa shape index (κ2) is 8.49. The lowest BCUT2D eigenvalue weighted by molar-refractivity contribution is 0.0475. The van der Waals surface area contributed by atoms with Gasteiger partial charge >= 0.3 is 5.97 Å². The summed E-state index contributed by atoms with van der Waals surface area (Å²) in [4.78, 5) is 26.8. The lowest BCUT2D eigenvalue weighted by Gasteiger charge is -2.20. The molecule has 0 N–H and O–H groups in total. The Labute approximate surface area is 159 Å². The monoisotopic (exact) mass is 361 g/mol. The predicted octanol–water partition coefficient (Wildman–Crippen LogP) is 4.73. The Bertz CT molecular complexity index is 943. The van der Waals surface area contributed by atoms with Crippen molar-refractivity contribution in [3.8, 4) is 0 Å². The molecule has 0 radical (unpaired) electrons. The van der Waals surface area contributed by atoms with Crippen LogP contribution in [0.3, 0.4) is 0 Å². The molecule has 4 nitrogen and oxygen atoms in total. The Kier molecular flexibility index (Phi) is 5.87. The van der Waals surface area contributed by atoms with Crippen LogP contribution < -0.4 is 4.90 Å². The van der Waals surface area contributed by atoms with Gasteiger partial charge in [-0.1, -0.05) is 36.4 Å². The summed E-state index contributed by atoms with van der Waals surface area (Å²) >= 11 is 0. The van der Waals surface area contributed by atoms with E-state index in [0.29, 0.717) is 11.1 Å². The van der Waals surface area contributed by atoms with Crippen molar-refractivity contribution >= 4 is 28.2 Å². The number of ether oxygens (including phenoxy) is 1. The largest absolute Gasteiger partial charge is 0.454 e. The number of fused-ring (bicyclic) bond motifs is 1. The summed E-state index contributed by atoms with van der Waals surface area (Å²) in [5.41, 5.74) is 2.04. The fourth-order valence-corrected chi connectivity index (χ4v) is 3.06. The Morgan fingerprint density at radius 1 is 0.815 bits per heavy atom. The van der Waals surface area contributed by atoms with Gasteiger partial charge in [-0.15, -0.1) is 0 Å². The van der Waals surface area contributed by atoms with Crippen molar-refractivity contribution < 1.29 is 14.3 Å². The highest BCUT2D eigenvalue weighted by molar-refractivity contribution is 6.02. The van der Waals surface area contributed by atoms with Gasteiger partial charge < -0.3 is 9.64 Å². The molecule has 0 heterocycles. The summed E-state index contributed by atoms with van der Waals surface area (Å²) < 4.78 is 5.21. The highest BCUT2D eigenvalue weighted by atomic mass is 16.5. The van der Waals surface area contributed by atoms with Gasteiger partial charge in [0.15, 0.2) is 12.4 Å². The predicted molar refractivity (Wildman–Crippen MR) is 109 cm³/mol. The zero-order chi connectivity index (χ0) is 19.2. The van der Waals surface area contributed by atoms with Crippen LogP contribution in [0.1, 0.15) is 34.6 Å². The van der Waals surface area contributed by atoms with E-state index in [0.717, 1.165) is 29.5 Å². The third kappa shape index (κ3) is 4.34. The fourth-order valence-electron chi connectivity index (χ4n) is 3.06. The Morgan fingerprint density at radius 3 is 2.11 bits per heavy atom. The molecule has 0 aliphatic carbocycles. The normalized spacial score (nSPS) is 10.6. The number of hydrogen-bond acceptors (Lipinski definition) is 4. The number of benzene rings is 3. The van der Waals surface area contributed by atoms with Gasteiger partial charge in [0.25, 0.3) is 0 Å². The molecule has 138 valence electrons. The van der Waals surface area contributed by atoms with Crippen LogP contribution in [-0.4, -0.2) is 31.4 Å². The van der Waals surface area contributed by atoms with Crippen LogP contribution in [0.4, 0.5) is 5.69 Å². The topological polar surface area (TPSA) is 46.6 Å². The maximum atomic E-state index is 12.4. The van der Waals surface area contributed by atoms with E-state index in [1.807, 2.05) is 48.5 Å². The molecular formula is C23H23NO3. The van der Waals surface area contributed by atoms with E-state index in [1.54, 1.807) is 18.2 Å². The van der Waals surface area contributed by atoms with E-state index in [1.165, 1.54) is 0 Å². The molecule has 0 fully saturated rings. The van der Waals surface area contributed by atoms with Crippen LogP contribution in [0.15, 0.2) is 66.7 Å². The molecule has 0 bridgehead atoms. The third-order valence-electron chi connectivity index (χ3n) is 4.64. The fraction of sp³-hybridized carbons (Fsp3) is 0.217. The molecule has 0 aliphatic heterocycles. The van der Waals surface area contributed by atoms with Gasteiger partial charge in [-0.3, -0.25) is 4.79 Å². The van der Waals surface area contributed by atoms with Crippen LogP contribution in [0, 0.1) is 0 Å². The van der Waals surface area contributed by atoms with Gasteiger partial charge in [-0.05, 0) is 55.0 Å². The summed E-state index contributed by atoms with van der Waals surface area (Å²) in [7, 11) is 0. The van der Waals surface area contributed by atoms with Crippen molar-refractivity contribution in [1.29, 1.82) is 0 Å². The van der Waals surface area contributed by atoms with Gasteiger partial charge in [0, 0.05) is 24.3 Å². The number of ketones is 1. The molecule has 0 unspecified atom stereocenters. The molecule has 0 saturated heterocycles. The second-order valence-corrected chi connectivity index (χ2v) is 6.28. The second-order valence-electron chi connectivity index (χ2n) is 6.28. The van der Waals surface area contributed by atoms with Gasteiger partial charge in [0.2, 0.25) is 0 Å². The minimum absolute atomic E-state index is 0.214. The molecule has 0 aliphatic rings. The first-order valence-electron chi connectivity index (χ1n) is 9.16. The van der Waals surface area contributed by atoms with Crippen LogP contribution in [0.25, 0.3) is 10.8 Å². The number of anilines is 1. The van der Waals surface area contributed by atoms with Crippen molar-refractivity contribution in [3.63, 3.8) is 0 Å². The number of nitrogens with zero attached hydrogens (tertiary/aromatic N) is 1. The molecule has 4 heteroatoms. The number of rotatable bonds is 7. The van der Waals surface area contributed by atoms with Gasteiger partial charge in [0.05, 0.1) is 5.56 Å². The number of hydrogen-bond donors (Lipinski definition) is 0. The van der Waals surface area contributed by atoms with E-state index in [4.69, 9.17) is 4.74 Å². The van der Waals surface area contributed by atoms with Crippen LogP contribution in [0.5, 0.6) is 0 Å². The Morgan fingerprint density at radius 2 is 1.44 bits per heavy atom. The smallest absolute Gasteiger partial charge is 0.338 e. The molecular weight excluding hydrogens is 338 g/mol. The Hall–Kier alpha value is -3.14. The molecule has 3 aromatic carbocycles. The lowest BCUT2D eigenvalue weighted by Crippen LogP contribution is -2.21. The molecule has 3 aromatic rings. The minimum Gasteiger partial charge on any atom is -0.454 e. The van der Waals surface area contributed by atoms with Crippen molar-refractivity contribution in [2.45, 2.75) is 13.8 Å². The molecule has 0 atom stereocenters. The van der Waals surface area contributed by atoms with E-state index >= 15 is 0 Å². The van der Waals surface area contributed by atoms with E-state index in [9.17, 15) is 9.59 Å². The first-order chi connectivity index (χ1) is 13.1. The zero-order valence-corrected chi connectivity index (χ0v) is 15.6. The summed E-state index contributed by atoms with van der Waals surface area (Å²) in [6, 6.07) is 20.6. The average molecular weight is 361 g/mol. The molecule has 3 rings (SSSR count). The summed E-state index contributed by atoms with van der Waals surface area (Å²) in [5, 5.41) is 2.06. The lowest BCUT2D eigenvalue weighted by atomic mass is 10.0. The molecule has 0 spiro atoms.